The predicted octanol–water partition coefficient (Wildman–Crippen LogP) is 2.77. The van der Waals surface area contributed by atoms with Crippen molar-refractivity contribution < 1.29 is 5.11 Å². The van der Waals surface area contributed by atoms with Gasteiger partial charge in [0.15, 0.2) is 5.75 Å². The zero-order valence-corrected chi connectivity index (χ0v) is 12.1. The Balaban J connectivity index is 2.47. The minimum absolute atomic E-state index is 0.0844. The molecule has 0 aliphatic heterocycles. The smallest absolute Gasteiger partial charge is 0.264 e. The van der Waals surface area contributed by atoms with E-state index in [2.05, 4.69) is 10.9 Å². The highest BCUT2D eigenvalue weighted by molar-refractivity contribution is 7.16. The molecular weight excluding hydrogens is 284 g/mol. The minimum atomic E-state index is -0.295. The van der Waals surface area contributed by atoms with E-state index in [0.29, 0.717) is 15.9 Å². The molecule has 0 fully saturated rings. The molecule has 0 amide bonds. The number of benzene rings is 1. The Morgan fingerprint density at radius 2 is 2.19 bits per heavy atom. The van der Waals surface area contributed by atoms with Gasteiger partial charge in [-0.15, -0.1) is 17.8 Å². The zero-order valence-electron chi connectivity index (χ0n) is 11.3. The molecule has 0 atom stereocenters. The van der Waals surface area contributed by atoms with Crippen LogP contribution in [0.5, 0.6) is 5.75 Å². The highest BCUT2D eigenvalue weighted by atomic mass is 32.1. The summed E-state index contributed by atoms with van der Waals surface area (Å²) >= 11 is 1.29. The maximum absolute atomic E-state index is 12.7. The lowest BCUT2D eigenvalue weighted by molar-refractivity contribution is 0.480. The van der Waals surface area contributed by atoms with Gasteiger partial charge in [-0.3, -0.25) is 9.36 Å². The molecule has 0 aliphatic rings. The van der Waals surface area contributed by atoms with Crippen LogP contribution in [0.15, 0.2) is 34.6 Å². The van der Waals surface area contributed by atoms with Crippen LogP contribution in [0, 0.1) is 19.3 Å². The third kappa shape index (κ3) is 2.01. The van der Waals surface area contributed by atoms with Crippen molar-refractivity contribution >= 4 is 21.7 Å². The molecule has 1 aromatic carbocycles. The van der Waals surface area contributed by atoms with Gasteiger partial charge in [0, 0.05) is 0 Å². The molecule has 2 heterocycles. The van der Waals surface area contributed by atoms with Crippen LogP contribution in [0.4, 0.5) is 0 Å². The Morgan fingerprint density at radius 1 is 1.43 bits per heavy atom. The third-order valence-electron chi connectivity index (χ3n) is 3.38. The molecule has 3 aromatic rings. The Bertz CT molecular complexity index is 932. The first-order chi connectivity index (χ1) is 10.1. The van der Waals surface area contributed by atoms with Gasteiger partial charge in [0.1, 0.15) is 10.3 Å². The normalized spacial score (nSPS) is 10.7. The summed E-state index contributed by atoms with van der Waals surface area (Å²) < 4.78 is 1.48. The van der Waals surface area contributed by atoms with Crippen molar-refractivity contribution in [1.82, 2.24) is 9.55 Å². The first-order valence-corrected chi connectivity index (χ1v) is 7.21. The van der Waals surface area contributed by atoms with Gasteiger partial charge in [-0.25, -0.2) is 4.98 Å². The molecule has 0 bridgehead atoms. The van der Waals surface area contributed by atoms with E-state index in [1.807, 2.05) is 31.2 Å². The number of aryl methyl sites for hydroxylation is 1. The van der Waals surface area contributed by atoms with Gasteiger partial charge in [0.05, 0.1) is 17.6 Å². The third-order valence-corrected chi connectivity index (χ3v) is 4.23. The molecule has 4 nitrogen and oxygen atoms in total. The SMILES string of the molecule is C#CCn1c(=O)c(-c2ccccc2C)c(O)c2ncsc21. The Labute approximate surface area is 125 Å². The molecule has 0 unspecified atom stereocenters. The molecule has 0 saturated heterocycles. The summed E-state index contributed by atoms with van der Waals surface area (Å²) in [5.41, 5.74) is 3.57. The summed E-state index contributed by atoms with van der Waals surface area (Å²) in [6.45, 7) is 2.04. The first kappa shape index (κ1) is 13.4. The van der Waals surface area contributed by atoms with Crippen molar-refractivity contribution in [3.05, 3.63) is 45.7 Å². The van der Waals surface area contributed by atoms with Crippen LogP contribution in [-0.4, -0.2) is 14.7 Å². The van der Waals surface area contributed by atoms with Gasteiger partial charge in [-0.05, 0) is 18.1 Å². The van der Waals surface area contributed by atoms with Crippen LogP contribution in [-0.2, 0) is 6.54 Å². The average Bonchev–Trinajstić information content (AvgIpc) is 2.95. The van der Waals surface area contributed by atoms with Gasteiger partial charge in [0.25, 0.3) is 5.56 Å². The van der Waals surface area contributed by atoms with E-state index in [4.69, 9.17) is 6.42 Å². The summed E-state index contributed by atoms with van der Waals surface area (Å²) in [6.07, 6.45) is 5.36. The van der Waals surface area contributed by atoms with Crippen molar-refractivity contribution in [2.45, 2.75) is 13.5 Å². The summed E-state index contributed by atoms with van der Waals surface area (Å²) in [5.74, 6) is 2.40. The number of hydrogen-bond acceptors (Lipinski definition) is 4. The lowest BCUT2D eigenvalue weighted by Gasteiger charge is -2.11. The number of terminal acetylenes is 1. The van der Waals surface area contributed by atoms with E-state index in [1.54, 1.807) is 5.51 Å². The summed E-state index contributed by atoms with van der Waals surface area (Å²) in [5, 5.41) is 10.5. The topological polar surface area (TPSA) is 55.1 Å². The molecular formula is C16H12N2O2S. The number of aromatic hydroxyl groups is 1. The summed E-state index contributed by atoms with van der Waals surface area (Å²) in [6, 6.07) is 7.42. The number of pyridine rings is 1. The van der Waals surface area contributed by atoms with Gasteiger partial charge in [-0.1, -0.05) is 30.2 Å². The van der Waals surface area contributed by atoms with Crippen molar-refractivity contribution in [2.24, 2.45) is 0 Å². The van der Waals surface area contributed by atoms with E-state index in [1.165, 1.54) is 15.9 Å². The highest BCUT2D eigenvalue weighted by Gasteiger charge is 2.20. The number of nitrogens with zero attached hydrogens (tertiary/aromatic N) is 2. The van der Waals surface area contributed by atoms with Crippen LogP contribution in [0.3, 0.4) is 0 Å². The molecule has 1 N–H and O–H groups in total. The zero-order chi connectivity index (χ0) is 15.0. The average molecular weight is 296 g/mol. The molecule has 21 heavy (non-hydrogen) atoms. The van der Waals surface area contributed by atoms with Crippen molar-refractivity contribution in [1.29, 1.82) is 0 Å². The van der Waals surface area contributed by atoms with Gasteiger partial charge in [-0.2, -0.15) is 0 Å². The van der Waals surface area contributed by atoms with Crippen LogP contribution < -0.4 is 5.56 Å². The van der Waals surface area contributed by atoms with E-state index >= 15 is 0 Å². The first-order valence-electron chi connectivity index (χ1n) is 6.33. The fraction of sp³-hybridized carbons (Fsp3) is 0.125. The lowest BCUT2D eigenvalue weighted by atomic mass is 10.0. The fourth-order valence-electron chi connectivity index (χ4n) is 2.37. The van der Waals surface area contributed by atoms with Gasteiger partial charge < -0.3 is 5.11 Å². The Kier molecular flexibility index (Phi) is 3.24. The summed E-state index contributed by atoms with van der Waals surface area (Å²) in [4.78, 5) is 17.5. The molecule has 3 rings (SSSR count). The van der Waals surface area contributed by atoms with E-state index in [-0.39, 0.29) is 23.4 Å². The molecule has 2 aromatic heterocycles. The second kappa shape index (κ2) is 5.08. The van der Waals surface area contributed by atoms with Gasteiger partial charge >= 0.3 is 0 Å². The maximum atomic E-state index is 12.7. The van der Waals surface area contributed by atoms with Crippen LogP contribution >= 0.6 is 11.3 Å². The second-order valence-corrected chi connectivity index (χ2v) is 5.47. The predicted molar refractivity (Wildman–Crippen MR) is 84.6 cm³/mol. The Morgan fingerprint density at radius 3 is 2.90 bits per heavy atom. The maximum Gasteiger partial charge on any atom is 0.264 e. The van der Waals surface area contributed by atoms with Crippen LogP contribution in [0.1, 0.15) is 5.56 Å². The quantitative estimate of drug-likeness (QED) is 0.740. The van der Waals surface area contributed by atoms with E-state index < -0.39 is 0 Å². The van der Waals surface area contributed by atoms with Crippen molar-refractivity contribution in [3.8, 4) is 29.2 Å². The van der Waals surface area contributed by atoms with E-state index in [0.717, 1.165) is 5.56 Å². The van der Waals surface area contributed by atoms with Gasteiger partial charge in [0.2, 0.25) is 0 Å². The Hall–Kier alpha value is -2.58. The largest absolute Gasteiger partial charge is 0.505 e. The van der Waals surface area contributed by atoms with E-state index in [9.17, 15) is 9.90 Å². The number of fused-ring (bicyclic) bond motifs is 1. The molecule has 0 spiro atoms. The molecule has 104 valence electrons. The molecule has 0 aliphatic carbocycles. The van der Waals surface area contributed by atoms with Crippen molar-refractivity contribution in [3.63, 3.8) is 0 Å². The number of rotatable bonds is 2. The minimum Gasteiger partial charge on any atom is -0.505 e. The lowest BCUT2D eigenvalue weighted by Crippen LogP contribution is -2.21. The fourth-order valence-corrected chi connectivity index (χ4v) is 3.17. The standard InChI is InChI=1S/C16H12N2O2S/c1-3-8-18-15(20)12(11-7-5-4-6-10(11)2)14(19)13-16(18)21-9-17-13/h1,4-7,9,19H,8H2,2H3. The number of thiazole rings is 1. The molecule has 0 radical (unpaired) electrons. The van der Waals surface area contributed by atoms with Crippen molar-refractivity contribution in [2.75, 3.05) is 0 Å². The second-order valence-electron chi connectivity index (χ2n) is 4.64. The monoisotopic (exact) mass is 296 g/mol. The molecule has 5 heteroatoms. The van der Waals surface area contributed by atoms with Crippen LogP contribution in [0.25, 0.3) is 21.5 Å². The number of aromatic nitrogens is 2. The highest BCUT2D eigenvalue weighted by Crippen LogP contribution is 2.34. The summed E-state index contributed by atoms with van der Waals surface area (Å²) in [7, 11) is 0. The number of hydrogen-bond donors (Lipinski definition) is 1. The molecule has 0 saturated carbocycles. The van der Waals surface area contributed by atoms with Crippen LogP contribution in [0.2, 0.25) is 0 Å².